The Labute approximate surface area is 117 Å². The number of amides is 1. The summed E-state index contributed by atoms with van der Waals surface area (Å²) in [5, 5.41) is 0. The lowest BCUT2D eigenvalue weighted by atomic mass is 9.75. The molecule has 1 spiro atoms. The topological polar surface area (TPSA) is 46.3 Å². The minimum absolute atomic E-state index is 0.305. The molecule has 1 amide bonds. The highest BCUT2D eigenvalue weighted by atomic mass is 16.2. The summed E-state index contributed by atoms with van der Waals surface area (Å²) < 4.78 is 0. The molecule has 0 aromatic heterocycles. The van der Waals surface area contributed by atoms with Crippen molar-refractivity contribution < 1.29 is 4.79 Å². The van der Waals surface area contributed by atoms with Gasteiger partial charge in [0.1, 0.15) is 0 Å². The highest BCUT2D eigenvalue weighted by Gasteiger charge is 2.42. The van der Waals surface area contributed by atoms with Crippen LogP contribution < -0.4 is 5.73 Å². The number of nitrogens with zero attached hydrogens (tertiary/aromatic N) is 1. The molecule has 0 atom stereocenters. The highest BCUT2D eigenvalue weighted by Crippen LogP contribution is 2.46. The second-order valence-corrected chi connectivity index (χ2v) is 6.69. The molecule has 110 valence electrons. The van der Waals surface area contributed by atoms with Crippen LogP contribution in [0.25, 0.3) is 0 Å². The third kappa shape index (κ3) is 2.67. The lowest BCUT2D eigenvalue weighted by Crippen LogP contribution is -2.51. The van der Waals surface area contributed by atoms with E-state index < -0.39 is 0 Å². The number of carbonyl (C=O) groups excluding carboxylic acids is 1. The van der Waals surface area contributed by atoms with Gasteiger partial charge in [-0.2, -0.15) is 0 Å². The molecule has 1 saturated heterocycles. The summed E-state index contributed by atoms with van der Waals surface area (Å²) in [5.41, 5.74) is 6.18. The Morgan fingerprint density at radius 1 is 1.11 bits per heavy atom. The van der Waals surface area contributed by atoms with Gasteiger partial charge in [-0.25, -0.2) is 0 Å². The lowest BCUT2D eigenvalue weighted by molar-refractivity contribution is -0.144. The molecule has 19 heavy (non-hydrogen) atoms. The zero-order valence-corrected chi connectivity index (χ0v) is 12.7. The van der Waals surface area contributed by atoms with Gasteiger partial charge in [0.15, 0.2) is 0 Å². The number of nitrogens with two attached hydrogens (primary N) is 1. The second-order valence-electron chi connectivity index (χ2n) is 6.69. The molecular formula is C16H30N2O. The number of piperidine rings is 1. The first-order chi connectivity index (χ1) is 9.11. The van der Waals surface area contributed by atoms with Crippen molar-refractivity contribution in [2.45, 2.75) is 65.2 Å². The van der Waals surface area contributed by atoms with Crippen LogP contribution in [0, 0.1) is 10.8 Å². The normalized spacial score (nSPS) is 23.0. The average molecular weight is 266 g/mol. The van der Waals surface area contributed by atoms with Crippen molar-refractivity contribution in [3.63, 3.8) is 0 Å². The molecule has 1 saturated carbocycles. The Morgan fingerprint density at radius 3 is 2.05 bits per heavy atom. The van der Waals surface area contributed by atoms with Crippen molar-refractivity contribution in [1.29, 1.82) is 0 Å². The van der Waals surface area contributed by atoms with Crippen LogP contribution in [0.5, 0.6) is 0 Å². The molecule has 2 aliphatic rings. The molecule has 0 aromatic rings. The molecule has 0 unspecified atom stereocenters. The van der Waals surface area contributed by atoms with Crippen LogP contribution in [0.1, 0.15) is 65.2 Å². The third-order valence-electron chi connectivity index (χ3n) is 5.97. The van der Waals surface area contributed by atoms with Crippen LogP contribution in [0.2, 0.25) is 0 Å². The van der Waals surface area contributed by atoms with Crippen LogP contribution in [-0.4, -0.2) is 30.4 Å². The van der Waals surface area contributed by atoms with Gasteiger partial charge in [0, 0.05) is 19.6 Å². The maximum atomic E-state index is 12.8. The van der Waals surface area contributed by atoms with Gasteiger partial charge in [0.2, 0.25) is 5.91 Å². The first-order valence-corrected chi connectivity index (χ1v) is 8.11. The van der Waals surface area contributed by atoms with Crippen LogP contribution in [-0.2, 0) is 4.79 Å². The fraction of sp³-hybridized carbons (Fsp3) is 0.938. The van der Waals surface area contributed by atoms with Crippen molar-refractivity contribution in [3.05, 3.63) is 0 Å². The molecule has 1 aliphatic heterocycles. The Kier molecular flexibility index (Phi) is 4.54. The van der Waals surface area contributed by atoms with Crippen molar-refractivity contribution in [2.24, 2.45) is 16.6 Å². The Bertz CT molecular complexity index is 298. The molecule has 2 rings (SSSR count). The second kappa shape index (κ2) is 5.82. The molecule has 1 heterocycles. The van der Waals surface area contributed by atoms with E-state index in [0.29, 0.717) is 17.9 Å². The first-order valence-electron chi connectivity index (χ1n) is 8.11. The predicted molar refractivity (Wildman–Crippen MR) is 78.8 cm³/mol. The minimum Gasteiger partial charge on any atom is -0.342 e. The smallest absolute Gasteiger partial charge is 0.230 e. The van der Waals surface area contributed by atoms with Gasteiger partial charge in [0.25, 0.3) is 0 Å². The Morgan fingerprint density at radius 2 is 1.63 bits per heavy atom. The fourth-order valence-corrected chi connectivity index (χ4v) is 4.07. The molecule has 0 aromatic carbocycles. The van der Waals surface area contributed by atoms with E-state index in [0.717, 1.165) is 25.9 Å². The van der Waals surface area contributed by atoms with Crippen molar-refractivity contribution in [1.82, 2.24) is 4.90 Å². The van der Waals surface area contributed by atoms with E-state index in [1.54, 1.807) is 0 Å². The van der Waals surface area contributed by atoms with E-state index in [1.807, 2.05) is 0 Å². The van der Waals surface area contributed by atoms with E-state index in [1.165, 1.54) is 38.5 Å². The van der Waals surface area contributed by atoms with Gasteiger partial charge in [-0.1, -0.05) is 26.7 Å². The molecule has 3 heteroatoms. The van der Waals surface area contributed by atoms with Crippen LogP contribution in [0.4, 0.5) is 0 Å². The maximum absolute atomic E-state index is 12.8. The third-order valence-corrected chi connectivity index (χ3v) is 5.97. The molecule has 1 aliphatic carbocycles. The fourth-order valence-electron chi connectivity index (χ4n) is 4.07. The van der Waals surface area contributed by atoms with Crippen molar-refractivity contribution >= 4 is 5.91 Å². The summed E-state index contributed by atoms with van der Waals surface area (Å²) in [6, 6.07) is 0. The highest BCUT2D eigenvalue weighted by molar-refractivity contribution is 5.83. The van der Waals surface area contributed by atoms with Crippen LogP contribution in [0.15, 0.2) is 0 Å². The maximum Gasteiger partial charge on any atom is 0.230 e. The average Bonchev–Trinajstić information content (AvgIpc) is 2.90. The summed E-state index contributed by atoms with van der Waals surface area (Å²) in [4.78, 5) is 14.9. The molecule has 3 nitrogen and oxygen atoms in total. The summed E-state index contributed by atoms with van der Waals surface area (Å²) in [6.45, 7) is 6.59. The Hall–Kier alpha value is -0.570. The van der Waals surface area contributed by atoms with E-state index in [9.17, 15) is 4.79 Å². The number of hydrogen-bond acceptors (Lipinski definition) is 2. The predicted octanol–water partition coefficient (Wildman–Crippen LogP) is 2.93. The van der Waals surface area contributed by atoms with E-state index >= 15 is 0 Å². The molecule has 0 radical (unpaired) electrons. The minimum atomic E-state index is -0.305. The molecular weight excluding hydrogens is 236 g/mol. The van der Waals surface area contributed by atoms with Crippen molar-refractivity contribution in [2.75, 3.05) is 19.6 Å². The summed E-state index contributed by atoms with van der Waals surface area (Å²) >= 11 is 0. The van der Waals surface area contributed by atoms with Crippen LogP contribution >= 0.6 is 0 Å². The van der Waals surface area contributed by atoms with Crippen molar-refractivity contribution in [3.8, 4) is 0 Å². The lowest BCUT2D eigenvalue weighted by Gasteiger charge is -2.43. The summed E-state index contributed by atoms with van der Waals surface area (Å²) in [5.74, 6) is 0.313. The first kappa shape index (κ1) is 14.8. The summed E-state index contributed by atoms with van der Waals surface area (Å²) in [7, 11) is 0. The Balaban J connectivity index is 1.98. The number of hydrogen-bond donors (Lipinski definition) is 1. The monoisotopic (exact) mass is 266 g/mol. The number of carbonyl (C=O) groups is 1. The van der Waals surface area contributed by atoms with Gasteiger partial charge in [-0.3, -0.25) is 4.79 Å². The van der Waals surface area contributed by atoms with E-state index in [-0.39, 0.29) is 5.41 Å². The van der Waals surface area contributed by atoms with Gasteiger partial charge in [0.05, 0.1) is 5.41 Å². The van der Waals surface area contributed by atoms with E-state index in [4.69, 9.17) is 5.73 Å². The molecule has 2 fully saturated rings. The molecule has 0 bridgehead atoms. The number of rotatable bonds is 4. The standard InChI is InChI=1S/C16H30N2O/c1-3-16(4-2,13-17)14(19)18-11-9-15(10-12-18)7-5-6-8-15/h3-13,17H2,1-2H3. The zero-order valence-electron chi connectivity index (χ0n) is 12.7. The van der Waals surface area contributed by atoms with Gasteiger partial charge >= 0.3 is 0 Å². The summed E-state index contributed by atoms with van der Waals surface area (Å²) in [6.07, 6.45) is 9.72. The van der Waals surface area contributed by atoms with Gasteiger partial charge < -0.3 is 10.6 Å². The van der Waals surface area contributed by atoms with Gasteiger partial charge in [-0.15, -0.1) is 0 Å². The quantitative estimate of drug-likeness (QED) is 0.850. The van der Waals surface area contributed by atoms with Gasteiger partial charge in [-0.05, 0) is 43.9 Å². The van der Waals surface area contributed by atoms with E-state index in [2.05, 4.69) is 18.7 Å². The largest absolute Gasteiger partial charge is 0.342 e. The van der Waals surface area contributed by atoms with Crippen LogP contribution in [0.3, 0.4) is 0 Å². The number of likely N-dealkylation sites (tertiary alicyclic amines) is 1. The SMILES string of the molecule is CCC(CC)(CN)C(=O)N1CCC2(CCCC2)CC1. The zero-order chi connectivity index (χ0) is 13.9. The molecule has 2 N–H and O–H groups in total.